The molecule has 6 N–H and O–H groups in total. The molecule has 0 atom stereocenters. The monoisotopic (exact) mass is 437 g/mol. The van der Waals surface area contributed by atoms with Gasteiger partial charge in [0.15, 0.2) is 5.69 Å². The molecule has 0 saturated heterocycles. The van der Waals surface area contributed by atoms with Crippen LogP contribution in [0.15, 0.2) is 48.5 Å². The van der Waals surface area contributed by atoms with E-state index in [2.05, 4.69) is 27.5 Å². The van der Waals surface area contributed by atoms with Gasteiger partial charge in [0.1, 0.15) is 17.4 Å². The number of amides is 3. The minimum atomic E-state index is -0.757. The Hall–Kier alpha value is -3.85. The number of hydrogen-bond donors (Lipinski definition) is 5. The number of H-pyrrole nitrogens is 1. The molecule has 0 saturated carbocycles. The normalized spacial score (nSPS) is 10.6. The van der Waals surface area contributed by atoms with Crippen LogP contribution in [-0.4, -0.2) is 33.6 Å². The number of carbonyl (C=O) groups is 2. The van der Waals surface area contributed by atoms with Crippen LogP contribution < -0.4 is 21.1 Å². The highest BCUT2D eigenvalue weighted by Gasteiger charge is 2.17. The zero-order valence-corrected chi connectivity index (χ0v) is 17.9. The lowest BCUT2D eigenvalue weighted by atomic mass is 10.1. The van der Waals surface area contributed by atoms with Crippen molar-refractivity contribution in [2.75, 3.05) is 17.2 Å². The number of nitrogens with zero attached hydrogens (tertiary/aromatic N) is 1. The Morgan fingerprint density at radius 2 is 1.75 bits per heavy atom. The van der Waals surface area contributed by atoms with Crippen molar-refractivity contribution in [2.24, 2.45) is 5.73 Å². The molecule has 2 aromatic carbocycles. The van der Waals surface area contributed by atoms with Crippen LogP contribution in [0.1, 0.15) is 47.2 Å². The van der Waals surface area contributed by atoms with Crippen molar-refractivity contribution in [2.45, 2.75) is 32.8 Å². The molecule has 0 spiro atoms. The zero-order valence-electron chi connectivity index (χ0n) is 17.9. The number of carbonyl (C=O) groups excluding carboxylic acids is 2. The first-order valence-corrected chi connectivity index (χ1v) is 10.4. The third kappa shape index (κ3) is 6.32. The molecule has 9 nitrogen and oxygen atoms in total. The average Bonchev–Trinajstić information content (AvgIpc) is 3.18. The number of aromatic nitrogens is 2. The first-order valence-electron chi connectivity index (χ1n) is 10.4. The van der Waals surface area contributed by atoms with E-state index in [1.54, 1.807) is 36.4 Å². The fraction of sp³-hybridized carbons (Fsp3) is 0.261. The van der Waals surface area contributed by atoms with Gasteiger partial charge in [-0.15, -0.1) is 0 Å². The molecule has 168 valence electrons. The molecule has 3 aromatic rings. The van der Waals surface area contributed by atoms with Crippen molar-refractivity contribution in [3.63, 3.8) is 0 Å². The quantitative estimate of drug-likeness (QED) is 0.309. The van der Waals surface area contributed by atoms with Crippen molar-refractivity contribution in [1.82, 2.24) is 9.97 Å². The van der Waals surface area contributed by atoms with Gasteiger partial charge in [0.25, 0.3) is 5.91 Å². The van der Waals surface area contributed by atoms with Gasteiger partial charge in [-0.2, -0.15) is 0 Å². The van der Waals surface area contributed by atoms with Gasteiger partial charge in [0, 0.05) is 12.1 Å². The molecule has 0 unspecified atom stereocenters. The summed E-state index contributed by atoms with van der Waals surface area (Å²) in [6.07, 6.45) is 2.43. The Labute approximate surface area is 186 Å². The molecular weight excluding hydrogens is 410 g/mol. The number of aromatic amines is 1. The number of benzene rings is 2. The summed E-state index contributed by atoms with van der Waals surface area (Å²) in [6.45, 7) is 2.70. The summed E-state index contributed by atoms with van der Waals surface area (Å²) < 4.78 is 5.60. The number of anilines is 2. The highest BCUT2D eigenvalue weighted by Crippen LogP contribution is 2.18. The molecule has 0 fully saturated rings. The van der Waals surface area contributed by atoms with E-state index >= 15 is 0 Å². The van der Waals surface area contributed by atoms with Crippen molar-refractivity contribution in [3.05, 3.63) is 71.2 Å². The van der Waals surface area contributed by atoms with E-state index in [0.29, 0.717) is 24.5 Å². The fourth-order valence-electron chi connectivity index (χ4n) is 2.98. The Morgan fingerprint density at radius 3 is 2.38 bits per heavy atom. The fourth-order valence-corrected chi connectivity index (χ4v) is 2.98. The smallest absolute Gasteiger partial charge is 0.324 e. The van der Waals surface area contributed by atoms with E-state index in [4.69, 9.17) is 15.6 Å². The number of rotatable bonds is 10. The molecule has 9 heteroatoms. The summed E-state index contributed by atoms with van der Waals surface area (Å²) in [5.41, 5.74) is 7.65. The van der Waals surface area contributed by atoms with Crippen LogP contribution >= 0.6 is 0 Å². The molecule has 1 aromatic heterocycles. The van der Waals surface area contributed by atoms with E-state index in [1.807, 2.05) is 12.1 Å². The number of urea groups is 1. The van der Waals surface area contributed by atoms with Crippen LogP contribution in [0.5, 0.6) is 5.75 Å². The predicted molar refractivity (Wildman–Crippen MR) is 122 cm³/mol. The number of aliphatic hydroxyl groups is 1. The maximum Gasteiger partial charge on any atom is 0.324 e. The first-order chi connectivity index (χ1) is 15.5. The standard InChI is InChI=1S/C23H27N5O4/c1-2-3-12-32-18-10-8-17(9-11-18)25-23(31)28-22-20(21(24)30)26-19(27-22)13-15-4-6-16(14-29)7-5-15/h4-11,29H,2-3,12-14H2,1H3,(H2,24,30)(H,26,27)(H2,25,28,31). The second-order valence-corrected chi connectivity index (χ2v) is 7.23. The van der Waals surface area contributed by atoms with Gasteiger partial charge in [-0.05, 0) is 41.8 Å². The van der Waals surface area contributed by atoms with Crippen LogP contribution in [0.25, 0.3) is 0 Å². The van der Waals surface area contributed by atoms with Crippen LogP contribution in [0, 0.1) is 0 Å². The van der Waals surface area contributed by atoms with Crippen LogP contribution in [-0.2, 0) is 13.0 Å². The highest BCUT2D eigenvalue weighted by molar-refractivity contribution is 6.04. The van der Waals surface area contributed by atoms with Gasteiger partial charge in [0.2, 0.25) is 0 Å². The highest BCUT2D eigenvalue weighted by atomic mass is 16.5. The van der Waals surface area contributed by atoms with Crippen LogP contribution in [0.4, 0.5) is 16.3 Å². The van der Waals surface area contributed by atoms with Crippen LogP contribution in [0.2, 0.25) is 0 Å². The second kappa shape index (κ2) is 11.0. The van der Waals surface area contributed by atoms with Crippen molar-refractivity contribution < 1.29 is 19.4 Å². The Bertz CT molecular complexity index is 1050. The number of ether oxygens (including phenoxy) is 1. The number of hydrogen-bond acceptors (Lipinski definition) is 5. The van der Waals surface area contributed by atoms with E-state index in [0.717, 1.165) is 29.7 Å². The van der Waals surface area contributed by atoms with E-state index in [-0.39, 0.29) is 18.1 Å². The largest absolute Gasteiger partial charge is 0.494 e. The molecule has 0 aliphatic carbocycles. The molecule has 32 heavy (non-hydrogen) atoms. The Kier molecular flexibility index (Phi) is 7.82. The third-order valence-corrected chi connectivity index (χ3v) is 4.68. The van der Waals surface area contributed by atoms with Crippen molar-refractivity contribution >= 4 is 23.4 Å². The maximum absolute atomic E-state index is 12.4. The number of aliphatic hydroxyl groups excluding tert-OH is 1. The van der Waals surface area contributed by atoms with Crippen molar-refractivity contribution in [1.29, 1.82) is 0 Å². The molecule has 0 aliphatic heterocycles. The number of nitrogens with two attached hydrogens (primary N) is 1. The lowest BCUT2D eigenvalue weighted by Crippen LogP contribution is -2.22. The van der Waals surface area contributed by atoms with E-state index in [9.17, 15) is 9.59 Å². The minimum absolute atomic E-state index is 0.0371. The van der Waals surface area contributed by atoms with Crippen LogP contribution in [0.3, 0.4) is 0 Å². The molecule has 1 heterocycles. The molecule has 0 radical (unpaired) electrons. The topological polar surface area (TPSA) is 142 Å². The van der Waals surface area contributed by atoms with Crippen molar-refractivity contribution in [3.8, 4) is 5.75 Å². The lowest BCUT2D eigenvalue weighted by Gasteiger charge is -2.09. The summed E-state index contributed by atoms with van der Waals surface area (Å²) >= 11 is 0. The average molecular weight is 438 g/mol. The zero-order chi connectivity index (χ0) is 22.9. The van der Waals surface area contributed by atoms with E-state index < -0.39 is 11.9 Å². The maximum atomic E-state index is 12.4. The number of nitrogens with one attached hydrogen (secondary N) is 3. The molecular formula is C23H27N5O4. The summed E-state index contributed by atoms with van der Waals surface area (Å²) in [5, 5.41) is 14.4. The van der Waals surface area contributed by atoms with Gasteiger partial charge in [-0.3, -0.25) is 10.1 Å². The Balaban J connectivity index is 1.63. The molecule has 0 aliphatic rings. The second-order valence-electron chi connectivity index (χ2n) is 7.23. The number of imidazole rings is 1. The molecule has 3 amide bonds. The summed E-state index contributed by atoms with van der Waals surface area (Å²) in [4.78, 5) is 31.4. The van der Waals surface area contributed by atoms with Gasteiger partial charge < -0.3 is 25.9 Å². The summed E-state index contributed by atoms with van der Waals surface area (Å²) in [7, 11) is 0. The first kappa shape index (κ1) is 22.8. The van der Waals surface area contributed by atoms with Gasteiger partial charge >= 0.3 is 6.03 Å². The van der Waals surface area contributed by atoms with E-state index in [1.165, 1.54) is 0 Å². The molecule has 0 bridgehead atoms. The summed E-state index contributed by atoms with van der Waals surface area (Å²) in [6, 6.07) is 13.8. The van der Waals surface area contributed by atoms with Gasteiger partial charge in [0.05, 0.1) is 13.2 Å². The summed E-state index contributed by atoms with van der Waals surface area (Å²) in [5.74, 6) is 0.564. The number of primary amides is 1. The van der Waals surface area contributed by atoms with Gasteiger partial charge in [-0.25, -0.2) is 9.78 Å². The minimum Gasteiger partial charge on any atom is -0.494 e. The SMILES string of the molecule is CCCCOc1ccc(NC(=O)Nc2[nH]c(Cc3ccc(CO)cc3)nc2C(N)=O)cc1. The number of unbranched alkanes of at least 4 members (excludes halogenated alkanes) is 1. The van der Waals surface area contributed by atoms with Gasteiger partial charge in [-0.1, -0.05) is 37.6 Å². The lowest BCUT2D eigenvalue weighted by molar-refractivity contribution is 0.0997. The molecule has 3 rings (SSSR count). The predicted octanol–water partition coefficient (Wildman–Crippen LogP) is 3.41. The Morgan fingerprint density at radius 1 is 1.06 bits per heavy atom. The third-order valence-electron chi connectivity index (χ3n) is 4.68.